The summed E-state index contributed by atoms with van der Waals surface area (Å²) < 4.78 is 27.2. The molecule has 0 aliphatic carbocycles. The van der Waals surface area contributed by atoms with Gasteiger partial charge in [0.15, 0.2) is 15.2 Å². The first kappa shape index (κ1) is 36.2. The lowest BCUT2D eigenvalue weighted by atomic mass is 9.77. The minimum absolute atomic E-state index is 0.0826. The molecule has 53 heavy (non-hydrogen) atoms. The van der Waals surface area contributed by atoms with Crippen molar-refractivity contribution < 1.29 is 33.1 Å². The van der Waals surface area contributed by atoms with Gasteiger partial charge in [-0.05, 0) is 22.3 Å². The lowest BCUT2D eigenvalue weighted by molar-refractivity contribution is -0.150. The highest BCUT2D eigenvalue weighted by Gasteiger charge is 2.54. The highest BCUT2D eigenvalue weighted by molar-refractivity contribution is 8.01. The molecule has 5 aromatic rings. The lowest BCUT2D eigenvalue weighted by Gasteiger charge is -2.49. The number of nitrogens with one attached hydrogen (secondary N) is 2. The van der Waals surface area contributed by atoms with Crippen LogP contribution in [0.3, 0.4) is 0 Å². The molecule has 2 aliphatic rings. The normalized spacial score (nSPS) is 17.3. The van der Waals surface area contributed by atoms with Crippen LogP contribution in [0.25, 0.3) is 0 Å². The number of carbonyl (C=O) groups excluding carboxylic acids is 2. The number of amides is 2. The van der Waals surface area contributed by atoms with Gasteiger partial charge in [0.05, 0.1) is 0 Å². The van der Waals surface area contributed by atoms with Gasteiger partial charge in [0, 0.05) is 16.9 Å². The van der Waals surface area contributed by atoms with Gasteiger partial charge in [-0.15, -0.1) is 33.3 Å². The summed E-state index contributed by atoms with van der Waals surface area (Å²) in [7, 11) is 0. The number of carboxylic acids is 1. The van der Waals surface area contributed by atoms with E-state index in [2.05, 4.69) is 35.8 Å². The molecule has 0 bridgehead atoms. The molecule has 18 heteroatoms. The van der Waals surface area contributed by atoms with Gasteiger partial charge in [0.2, 0.25) is 0 Å². The Hall–Kier alpha value is -5.17. The number of anilines is 1. The fraction of sp³-hybridized carbons (Fsp3) is 0.171. The highest BCUT2D eigenvalue weighted by Crippen LogP contribution is 2.43. The molecule has 1 saturated heterocycles. The number of carboxylic acid groups (broad SMARTS) is 1. The second-order valence-electron chi connectivity index (χ2n) is 11.4. The molecular formula is C35H27F2N7O5S4. The summed E-state index contributed by atoms with van der Waals surface area (Å²) in [6, 6.07) is 28.0. The third-order valence-corrected chi connectivity index (χ3v) is 12.4. The largest absolute Gasteiger partial charge is 0.477 e. The second-order valence-corrected chi connectivity index (χ2v) is 15.4. The second kappa shape index (κ2) is 15.8. The number of hydrogen-bond donors (Lipinski definition) is 3. The summed E-state index contributed by atoms with van der Waals surface area (Å²) in [4.78, 5) is 49.3. The number of hydrogen-bond acceptors (Lipinski definition) is 13. The van der Waals surface area contributed by atoms with Crippen LogP contribution in [0.15, 0.2) is 123 Å². The number of carbonyl (C=O) groups is 3. The van der Waals surface area contributed by atoms with Crippen molar-refractivity contribution >= 4 is 74.8 Å². The Balaban J connectivity index is 1.16. The van der Waals surface area contributed by atoms with E-state index in [0.29, 0.717) is 15.0 Å². The standard InChI is InChI=1S/C35H27F2N7O5S4/c36-32(37)49-43-25(28(45)40-26-29(46)44-27(31(47)48)20(16-50-30(26)44)17-52-34-42-38-19-53-34)24-18-51-33(39-24)41-35(21-10-4-1-5-11-21,22-12-6-2-7-13-22)23-14-8-3-9-15-23/h1-15,18-19,26,30,32H,16-17H2,(H,39,41)(H,40,45)(H,47,48)/t26?,30-/m1/s1. The molecule has 0 saturated carbocycles. The number of thioether (sulfide) groups is 2. The van der Waals surface area contributed by atoms with Gasteiger partial charge in [-0.3, -0.25) is 14.5 Å². The Labute approximate surface area is 317 Å². The zero-order chi connectivity index (χ0) is 37.0. The zero-order valence-electron chi connectivity index (χ0n) is 27.2. The first-order valence-corrected chi connectivity index (χ1v) is 19.6. The van der Waals surface area contributed by atoms with Crippen LogP contribution in [-0.2, 0) is 24.8 Å². The topological polar surface area (TPSA) is 159 Å². The number of rotatable bonds is 14. The van der Waals surface area contributed by atoms with Gasteiger partial charge in [0.1, 0.15) is 33.9 Å². The van der Waals surface area contributed by atoms with Gasteiger partial charge in [-0.1, -0.05) is 119 Å². The fourth-order valence-corrected chi connectivity index (χ4v) is 9.78. The molecule has 0 spiro atoms. The predicted molar refractivity (Wildman–Crippen MR) is 199 cm³/mol. The number of β-lactam (4-membered cyclic amide) rings is 1. The average molecular weight is 792 g/mol. The SMILES string of the molecule is O=C(O)C1=C(CSc2nncs2)CS[C@@H]2C(NC(=O)C(=NOC(F)F)c3csc(NC(c4ccccc4)(c4ccccc4)c4ccccc4)n3)C(=O)N12. The summed E-state index contributed by atoms with van der Waals surface area (Å²) in [5.74, 6) is -2.40. The molecule has 0 radical (unpaired) electrons. The molecule has 3 N–H and O–H groups in total. The van der Waals surface area contributed by atoms with Crippen LogP contribution in [0.5, 0.6) is 0 Å². The maximum absolute atomic E-state index is 13.7. The quantitative estimate of drug-likeness (QED) is 0.0406. The van der Waals surface area contributed by atoms with Gasteiger partial charge in [-0.2, -0.15) is 8.78 Å². The third-order valence-electron chi connectivity index (χ3n) is 8.35. The predicted octanol–water partition coefficient (Wildman–Crippen LogP) is 5.87. The minimum Gasteiger partial charge on any atom is -0.477 e. The van der Waals surface area contributed by atoms with Crippen molar-refractivity contribution in [1.82, 2.24) is 25.4 Å². The van der Waals surface area contributed by atoms with Gasteiger partial charge < -0.3 is 20.6 Å². The van der Waals surface area contributed by atoms with Crippen LogP contribution in [0.2, 0.25) is 0 Å². The molecule has 4 heterocycles. The first-order valence-electron chi connectivity index (χ1n) is 15.8. The molecular weight excluding hydrogens is 765 g/mol. The molecule has 2 amide bonds. The summed E-state index contributed by atoms with van der Waals surface area (Å²) >= 11 is 5.01. The van der Waals surface area contributed by atoms with Crippen LogP contribution in [0, 0.1) is 0 Å². The zero-order valence-corrected chi connectivity index (χ0v) is 30.4. The van der Waals surface area contributed by atoms with Crippen molar-refractivity contribution in [3.8, 4) is 0 Å². The van der Waals surface area contributed by atoms with Crippen molar-refractivity contribution in [2.45, 2.75) is 27.9 Å². The summed E-state index contributed by atoms with van der Waals surface area (Å²) in [5.41, 5.74) is 2.93. The van der Waals surface area contributed by atoms with Gasteiger partial charge in [0.25, 0.3) is 11.8 Å². The van der Waals surface area contributed by atoms with Gasteiger partial charge in [-0.25, -0.2) is 9.78 Å². The van der Waals surface area contributed by atoms with Crippen LogP contribution in [-0.4, -0.2) is 78.2 Å². The maximum Gasteiger partial charge on any atom is 0.407 e. The number of halogens is 2. The van der Waals surface area contributed by atoms with E-state index in [-0.39, 0.29) is 22.9 Å². The monoisotopic (exact) mass is 791 g/mol. The Morgan fingerprint density at radius 2 is 1.62 bits per heavy atom. The van der Waals surface area contributed by atoms with E-state index in [0.717, 1.165) is 32.9 Å². The Bertz CT molecular complexity index is 2060. The number of oxime groups is 1. The molecule has 270 valence electrons. The van der Waals surface area contributed by atoms with E-state index >= 15 is 0 Å². The molecule has 3 aromatic carbocycles. The van der Waals surface area contributed by atoms with Crippen molar-refractivity contribution in [3.63, 3.8) is 0 Å². The Morgan fingerprint density at radius 1 is 1.00 bits per heavy atom. The van der Waals surface area contributed by atoms with E-state index in [1.165, 1.54) is 40.2 Å². The summed E-state index contributed by atoms with van der Waals surface area (Å²) in [6.07, 6.45) is 0. The summed E-state index contributed by atoms with van der Waals surface area (Å²) in [6.45, 7) is -3.34. The van der Waals surface area contributed by atoms with Crippen LogP contribution in [0.4, 0.5) is 13.9 Å². The Morgan fingerprint density at radius 3 is 2.17 bits per heavy atom. The summed E-state index contributed by atoms with van der Waals surface area (Å²) in [5, 5.41) is 28.4. The minimum atomic E-state index is -3.34. The molecule has 2 atom stereocenters. The van der Waals surface area contributed by atoms with Crippen LogP contribution >= 0.6 is 46.2 Å². The van der Waals surface area contributed by atoms with Crippen molar-refractivity contribution in [3.05, 3.63) is 136 Å². The number of thiazole rings is 1. The van der Waals surface area contributed by atoms with E-state index in [9.17, 15) is 28.3 Å². The van der Waals surface area contributed by atoms with Gasteiger partial charge >= 0.3 is 12.6 Å². The molecule has 1 unspecified atom stereocenters. The fourth-order valence-electron chi connectivity index (χ4n) is 6.06. The van der Waals surface area contributed by atoms with Crippen molar-refractivity contribution in [2.24, 2.45) is 5.16 Å². The lowest BCUT2D eigenvalue weighted by Crippen LogP contribution is -2.71. The molecule has 1 fully saturated rings. The number of benzene rings is 3. The molecule has 12 nitrogen and oxygen atoms in total. The first-order chi connectivity index (χ1) is 25.8. The smallest absolute Gasteiger partial charge is 0.407 e. The van der Waals surface area contributed by atoms with E-state index in [4.69, 9.17) is 0 Å². The number of nitrogens with zero attached hydrogens (tertiary/aromatic N) is 5. The molecule has 7 rings (SSSR count). The molecule has 2 aliphatic heterocycles. The molecule has 2 aromatic heterocycles. The van der Waals surface area contributed by atoms with E-state index in [1.807, 2.05) is 91.0 Å². The Kier molecular flexibility index (Phi) is 10.8. The number of alkyl halides is 2. The van der Waals surface area contributed by atoms with E-state index in [1.54, 1.807) is 5.51 Å². The number of fused-ring (bicyclic) bond motifs is 1. The van der Waals surface area contributed by atoms with Crippen molar-refractivity contribution in [2.75, 3.05) is 16.8 Å². The van der Waals surface area contributed by atoms with E-state index < -0.39 is 47.1 Å². The third kappa shape index (κ3) is 7.39. The van der Waals surface area contributed by atoms with Crippen LogP contribution < -0.4 is 10.6 Å². The van der Waals surface area contributed by atoms with Crippen LogP contribution in [0.1, 0.15) is 22.4 Å². The number of aliphatic carboxylic acids is 1. The highest BCUT2D eigenvalue weighted by atomic mass is 32.2. The maximum atomic E-state index is 13.7. The van der Waals surface area contributed by atoms with Crippen molar-refractivity contribution in [1.29, 1.82) is 0 Å². The average Bonchev–Trinajstić information content (AvgIpc) is 3.88. The number of aromatic nitrogens is 3.